The van der Waals surface area contributed by atoms with Crippen LogP contribution in [0.25, 0.3) is 11.4 Å². The third-order valence-corrected chi connectivity index (χ3v) is 2.21. The second-order valence-electron chi connectivity index (χ2n) is 3.47. The van der Waals surface area contributed by atoms with E-state index in [1.165, 1.54) is 19.2 Å². The van der Waals surface area contributed by atoms with E-state index in [0.717, 1.165) is 0 Å². The zero-order valence-electron chi connectivity index (χ0n) is 9.45. The van der Waals surface area contributed by atoms with Gasteiger partial charge in [0.25, 0.3) is 0 Å². The number of phenolic OH excluding ortho intramolecular Hbond substituents is 1. The molecule has 2 rings (SSSR count). The summed E-state index contributed by atoms with van der Waals surface area (Å²) < 4.78 is 9.74. The summed E-state index contributed by atoms with van der Waals surface area (Å²) in [7, 11) is 1.42. The molecule has 0 unspecified atom stereocenters. The third kappa shape index (κ3) is 2.40. The van der Waals surface area contributed by atoms with E-state index in [-0.39, 0.29) is 29.6 Å². The fourth-order valence-electron chi connectivity index (χ4n) is 1.39. The Bertz CT molecular complexity index is 579. The monoisotopic (exact) mass is 250 g/mol. The molecule has 0 spiro atoms. The SMILES string of the molecule is COc1cc(-c2noc(CC(=O)O)n2)ccc1O. The topological polar surface area (TPSA) is 106 Å². The van der Waals surface area contributed by atoms with E-state index in [1.807, 2.05) is 0 Å². The molecule has 1 aromatic heterocycles. The van der Waals surface area contributed by atoms with Crippen molar-refractivity contribution in [1.29, 1.82) is 0 Å². The largest absolute Gasteiger partial charge is 0.504 e. The van der Waals surface area contributed by atoms with E-state index in [9.17, 15) is 9.90 Å². The van der Waals surface area contributed by atoms with Gasteiger partial charge < -0.3 is 19.5 Å². The molecule has 0 bridgehead atoms. The van der Waals surface area contributed by atoms with Crippen molar-refractivity contribution in [2.24, 2.45) is 0 Å². The molecular formula is C11H10N2O5. The molecular weight excluding hydrogens is 240 g/mol. The second-order valence-corrected chi connectivity index (χ2v) is 3.47. The van der Waals surface area contributed by atoms with Crippen molar-refractivity contribution in [2.75, 3.05) is 7.11 Å². The van der Waals surface area contributed by atoms with Gasteiger partial charge in [0.1, 0.15) is 6.42 Å². The summed E-state index contributed by atoms with van der Waals surface area (Å²) in [6, 6.07) is 4.54. The number of nitrogens with zero attached hydrogens (tertiary/aromatic N) is 2. The molecule has 0 amide bonds. The summed E-state index contributed by atoms with van der Waals surface area (Å²) in [5.41, 5.74) is 0.560. The second kappa shape index (κ2) is 4.74. The normalized spacial score (nSPS) is 10.3. The molecule has 18 heavy (non-hydrogen) atoms. The van der Waals surface area contributed by atoms with Gasteiger partial charge in [-0.3, -0.25) is 4.79 Å². The Balaban J connectivity index is 2.31. The molecule has 1 aromatic carbocycles. The molecule has 0 aliphatic rings. The van der Waals surface area contributed by atoms with Crippen LogP contribution in [0.3, 0.4) is 0 Å². The number of hydrogen-bond acceptors (Lipinski definition) is 6. The van der Waals surface area contributed by atoms with E-state index < -0.39 is 5.97 Å². The maximum atomic E-state index is 10.5. The molecule has 0 fully saturated rings. The minimum absolute atomic E-state index is 0.00416. The number of rotatable bonds is 4. The highest BCUT2D eigenvalue weighted by Crippen LogP contribution is 2.30. The molecule has 1 heterocycles. The number of carbonyl (C=O) groups is 1. The van der Waals surface area contributed by atoms with Gasteiger partial charge in [0.2, 0.25) is 11.7 Å². The molecule has 7 heteroatoms. The highest BCUT2D eigenvalue weighted by atomic mass is 16.5. The van der Waals surface area contributed by atoms with Gasteiger partial charge in [0, 0.05) is 5.56 Å². The summed E-state index contributed by atoms with van der Waals surface area (Å²) >= 11 is 0. The highest BCUT2D eigenvalue weighted by Gasteiger charge is 2.13. The fourth-order valence-corrected chi connectivity index (χ4v) is 1.39. The molecule has 7 nitrogen and oxygen atoms in total. The number of aliphatic carboxylic acids is 1. The van der Waals surface area contributed by atoms with Crippen molar-refractivity contribution < 1.29 is 24.3 Å². The number of phenols is 1. The lowest BCUT2D eigenvalue weighted by atomic mass is 10.2. The summed E-state index contributed by atoms with van der Waals surface area (Å²) in [6.07, 6.45) is -0.331. The number of hydrogen-bond donors (Lipinski definition) is 2. The van der Waals surface area contributed by atoms with Gasteiger partial charge in [-0.15, -0.1) is 0 Å². The predicted octanol–water partition coefficient (Wildman–Crippen LogP) is 1.08. The number of methoxy groups -OCH3 is 1. The fraction of sp³-hybridized carbons (Fsp3) is 0.182. The Morgan fingerprint density at radius 3 is 2.94 bits per heavy atom. The minimum Gasteiger partial charge on any atom is -0.504 e. The number of benzene rings is 1. The predicted molar refractivity (Wildman–Crippen MR) is 59.3 cm³/mol. The molecule has 2 aromatic rings. The van der Waals surface area contributed by atoms with E-state index >= 15 is 0 Å². The molecule has 0 aliphatic carbocycles. The lowest BCUT2D eigenvalue weighted by Gasteiger charge is -2.03. The van der Waals surface area contributed by atoms with Crippen LogP contribution in [0.4, 0.5) is 0 Å². The van der Waals surface area contributed by atoms with Crippen LogP contribution in [0.5, 0.6) is 11.5 Å². The van der Waals surface area contributed by atoms with Crippen LogP contribution in [0.15, 0.2) is 22.7 Å². The number of ether oxygens (including phenoxy) is 1. The van der Waals surface area contributed by atoms with Crippen LogP contribution in [0, 0.1) is 0 Å². The van der Waals surface area contributed by atoms with Crippen LogP contribution in [-0.2, 0) is 11.2 Å². The first-order chi connectivity index (χ1) is 8.60. The molecule has 2 N–H and O–H groups in total. The van der Waals surface area contributed by atoms with Crippen molar-refractivity contribution in [3.63, 3.8) is 0 Å². The summed E-state index contributed by atoms with van der Waals surface area (Å²) in [6.45, 7) is 0. The maximum Gasteiger partial charge on any atom is 0.312 e. The third-order valence-electron chi connectivity index (χ3n) is 2.21. The first-order valence-electron chi connectivity index (χ1n) is 5.02. The summed E-state index contributed by atoms with van der Waals surface area (Å²) in [5.74, 6) is -0.518. The van der Waals surface area contributed by atoms with Crippen LogP contribution in [-0.4, -0.2) is 33.4 Å². The van der Waals surface area contributed by atoms with E-state index in [0.29, 0.717) is 5.56 Å². The van der Waals surface area contributed by atoms with Gasteiger partial charge >= 0.3 is 5.97 Å². The highest BCUT2D eigenvalue weighted by molar-refractivity contribution is 5.69. The van der Waals surface area contributed by atoms with E-state index in [4.69, 9.17) is 14.4 Å². The average Bonchev–Trinajstić information content (AvgIpc) is 2.77. The number of carboxylic acid groups (broad SMARTS) is 1. The summed E-state index contributed by atoms with van der Waals surface area (Å²) in [5, 5.41) is 21.7. The number of aromatic nitrogens is 2. The molecule has 0 aliphatic heterocycles. The van der Waals surface area contributed by atoms with Gasteiger partial charge in [-0.05, 0) is 18.2 Å². The average molecular weight is 250 g/mol. The number of carboxylic acids is 1. The zero-order chi connectivity index (χ0) is 13.1. The van der Waals surface area contributed by atoms with Crippen LogP contribution < -0.4 is 4.74 Å². The van der Waals surface area contributed by atoms with Gasteiger partial charge in [0.15, 0.2) is 11.5 Å². The smallest absolute Gasteiger partial charge is 0.312 e. The van der Waals surface area contributed by atoms with Gasteiger partial charge in [-0.1, -0.05) is 5.16 Å². The molecule has 94 valence electrons. The molecule has 0 atom stereocenters. The number of aromatic hydroxyl groups is 1. The molecule has 0 radical (unpaired) electrons. The van der Waals surface area contributed by atoms with Gasteiger partial charge in [-0.2, -0.15) is 4.98 Å². The summed E-state index contributed by atoms with van der Waals surface area (Å²) in [4.78, 5) is 14.4. The van der Waals surface area contributed by atoms with Crippen molar-refractivity contribution in [2.45, 2.75) is 6.42 Å². The van der Waals surface area contributed by atoms with E-state index in [1.54, 1.807) is 6.07 Å². The van der Waals surface area contributed by atoms with Crippen LogP contribution in [0.1, 0.15) is 5.89 Å². The van der Waals surface area contributed by atoms with E-state index in [2.05, 4.69) is 10.1 Å². The van der Waals surface area contributed by atoms with Crippen molar-refractivity contribution >= 4 is 5.97 Å². The van der Waals surface area contributed by atoms with Crippen LogP contribution in [0.2, 0.25) is 0 Å². The first-order valence-corrected chi connectivity index (χ1v) is 5.02. The Morgan fingerprint density at radius 1 is 1.50 bits per heavy atom. The van der Waals surface area contributed by atoms with Gasteiger partial charge in [-0.25, -0.2) is 0 Å². The Hall–Kier alpha value is -2.57. The van der Waals surface area contributed by atoms with Crippen LogP contribution >= 0.6 is 0 Å². The standard InChI is InChI=1S/C11H10N2O5/c1-17-8-4-6(2-3-7(8)14)11-12-9(18-13-11)5-10(15)16/h2-4,14H,5H2,1H3,(H,15,16). The lowest BCUT2D eigenvalue weighted by molar-refractivity contribution is -0.136. The maximum absolute atomic E-state index is 10.5. The first kappa shape index (κ1) is 11.9. The van der Waals surface area contributed by atoms with Crippen molar-refractivity contribution in [3.05, 3.63) is 24.1 Å². The quantitative estimate of drug-likeness (QED) is 0.836. The molecule has 0 saturated heterocycles. The lowest BCUT2D eigenvalue weighted by Crippen LogP contribution is -1.99. The Kier molecular flexibility index (Phi) is 3.13. The Morgan fingerprint density at radius 2 is 2.28 bits per heavy atom. The zero-order valence-corrected chi connectivity index (χ0v) is 9.45. The van der Waals surface area contributed by atoms with Crippen molar-refractivity contribution in [3.8, 4) is 22.9 Å². The minimum atomic E-state index is -1.05. The Labute approximate surface area is 102 Å². The molecule has 0 saturated carbocycles. The van der Waals surface area contributed by atoms with Crippen molar-refractivity contribution in [1.82, 2.24) is 10.1 Å². The van der Waals surface area contributed by atoms with Gasteiger partial charge in [0.05, 0.1) is 7.11 Å².